The summed E-state index contributed by atoms with van der Waals surface area (Å²) in [5.41, 5.74) is 0. The summed E-state index contributed by atoms with van der Waals surface area (Å²) in [5.74, 6) is 0. The number of carbonyl (C=O) groups is 1. The van der Waals surface area contributed by atoms with E-state index in [9.17, 15) is 4.79 Å². The van der Waals surface area contributed by atoms with Crippen LogP contribution in [0.25, 0.3) is 0 Å². The van der Waals surface area contributed by atoms with E-state index in [4.69, 9.17) is 11.6 Å². The molecule has 0 spiro atoms. The molecule has 0 aliphatic rings. The van der Waals surface area contributed by atoms with Gasteiger partial charge in [-0.2, -0.15) is 4.37 Å². The Bertz CT molecular complexity index is 318. The molecule has 0 saturated heterocycles. The first-order chi connectivity index (χ1) is 6.15. The molecule has 1 aromatic heterocycles. The number of amides is 1. The molecule has 0 aliphatic heterocycles. The molecule has 0 atom stereocenters. The van der Waals surface area contributed by atoms with Crippen LogP contribution >= 0.6 is 39.1 Å². The molecule has 72 valence electrons. The normalized spacial score (nSPS) is 9.77. The van der Waals surface area contributed by atoms with Crippen molar-refractivity contribution in [2.45, 2.75) is 6.92 Å². The lowest BCUT2D eigenvalue weighted by atomic mass is 10.7. The first-order valence-corrected chi connectivity index (χ1v) is 5.34. The smallest absolute Gasteiger partial charge is 0.412 e. The predicted octanol–water partition coefficient (Wildman–Crippen LogP) is 3.13. The summed E-state index contributed by atoms with van der Waals surface area (Å²) in [7, 11) is 0. The molecule has 0 unspecified atom stereocenters. The second-order valence-electron chi connectivity index (χ2n) is 1.96. The largest absolute Gasteiger partial charge is 0.450 e. The Balaban J connectivity index is 2.64. The number of hydrogen-bond acceptors (Lipinski definition) is 4. The molecule has 13 heavy (non-hydrogen) atoms. The molecule has 0 saturated carbocycles. The fourth-order valence-electron chi connectivity index (χ4n) is 0.597. The lowest BCUT2D eigenvalue weighted by Crippen LogP contribution is -2.12. The van der Waals surface area contributed by atoms with E-state index >= 15 is 0 Å². The monoisotopic (exact) mass is 284 g/mol. The molecule has 1 aromatic rings. The average Bonchev–Trinajstić information content (AvgIpc) is 2.37. The Morgan fingerprint density at radius 1 is 1.85 bits per heavy atom. The van der Waals surface area contributed by atoms with E-state index in [0.717, 1.165) is 11.5 Å². The van der Waals surface area contributed by atoms with Crippen LogP contribution in [0.5, 0.6) is 0 Å². The molecular formula is C6H6BrClN2O2S. The van der Waals surface area contributed by atoms with E-state index in [1.807, 2.05) is 0 Å². The maximum absolute atomic E-state index is 11.0. The molecule has 0 fully saturated rings. The number of halogens is 2. The summed E-state index contributed by atoms with van der Waals surface area (Å²) in [6.07, 6.45) is -0.511. The van der Waals surface area contributed by atoms with Gasteiger partial charge < -0.3 is 4.74 Å². The van der Waals surface area contributed by atoms with Crippen molar-refractivity contribution < 1.29 is 9.53 Å². The number of rotatable bonds is 2. The summed E-state index contributed by atoms with van der Waals surface area (Å²) >= 11 is 9.92. The van der Waals surface area contributed by atoms with Gasteiger partial charge in [0, 0.05) is 0 Å². The molecule has 7 heteroatoms. The zero-order valence-corrected chi connectivity index (χ0v) is 9.79. The number of aromatic nitrogens is 1. The van der Waals surface area contributed by atoms with Crippen molar-refractivity contribution >= 4 is 50.2 Å². The van der Waals surface area contributed by atoms with E-state index in [2.05, 4.69) is 30.4 Å². The van der Waals surface area contributed by atoms with Crippen LogP contribution in [0.15, 0.2) is 4.47 Å². The summed E-state index contributed by atoms with van der Waals surface area (Å²) < 4.78 is 9.07. The van der Waals surface area contributed by atoms with Gasteiger partial charge in [0.15, 0.2) is 5.15 Å². The highest BCUT2D eigenvalue weighted by atomic mass is 79.9. The van der Waals surface area contributed by atoms with Crippen LogP contribution in [0, 0.1) is 0 Å². The average molecular weight is 286 g/mol. The third kappa shape index (κ3) is 2.82. The van der Waals surface area contributed by atoms with Gasteiger partial charge >= 0.3 is 6.09 Å². The molecule has 1 amide bonds. The van der Waals surface area contributed by atoms with Gasteiger partial charge in [-0.25, -0.2) is 4.79 Å². The number of hydrogen-bond donors (Lipinski definition) is 1. The standard InChI is InChI=1S/C6H6BrClN2O2S/c1-2-12-6(11)9-5-3(7)4(8)10-13-5/h2H2,1H3,(H,9,11). The van der Waals surface area contributed by atoms with Crippen molar-refractivity contribution in [3.8, 4) is 0 Å². The quantitative estimate of drug-likeness (QED) is 0.908. The van der Waals surface area contributed by atoms with E-state index in [0.29, 0.717) is 21.2 Å². The van der Waals surface area contributed by atoms with Gasteiger partial charge in [-0.15, -0.1) is 0 Å². The summed E-state index contributed by atoms with van der Waals surface area (Å²) in [5, 5.41) is 3.37. The number of nitrogens with zero attached hydrogens (tertiary/aromatic N) is 1. The van der Waals surface area contributed by atoms with Crippen LogP contribution in [-0.4, -0.2) is 17.1 Å². The van der Waals surface area contributed by atoms with Crippen molar-refractivity contribution in [1.82, 2.24) is 4.37 Å². The van der Waals surface area contributed by atoms with Gasteiger partial charge in [0.1, 0.15) is 5.00 Å². The van der Waals surface area contributed by atoms with E-state index in [1.165, 1.54) is 0 Å². The molecule has 1 rings (SSSR count). The third-order valence-corrected chi connectivity index (χ3v) is 3.49. The lowest BCUT2D eigenvalue weighted by Gasteiger charge is -2.01. The fourth-order valence-corrected chi connectivity index (χ4v) is 1.94. The summed E-state index contributed by atoms with van der Waals surface area (Å²) in [6.45, 7) is 2.06. The Hall–Kier alpha value is -0.330. The lowest BCUT2D eigenvalue weighted by molar-refractivity contribution is 0.168. The number of anilines is 1. The minimum Gasteiger partial charge on any atom is -0.450 e. The highest BCUT2D eigenvalue weighted by Gasteiger charge is 2.11. The van der Waals surface area contributed by atoms with Crippen molar-refractivity contribution in [3.05, 3.63) is 9.63 Å². The first-order valence-electron chi connectivity index (χ1n) is 3.39. The molecule has 0 aromatic carbocycles. The van der Waals surface area contributed by atoms with Crippen LogP contribution in [0.4, 0.5) is 9.80 Å². The van der Waals surface area contributed by atoms with Crippen molar-refractivity contribution in [2.24, 2.45) is 0 Å². The Morgan fingerprint density at radius 2 is 2.54 bits per heavy atom. The van der Waals surface area contributed by atoms with E-state index < -0.39 is 6.09 Å². The number of nitrogens with one attached hydrogen (secondary N) is 1. The molecule has 4 nitrogen and oxygen atoms in total. The summed E-state index contributed by atoms with van der Waals surface area (Å²) in [4.78, 5) is 11.0. The number of ether oxygens (including phenoxy) is 1. The minimum atomic E-state index is -0.511. The van der Waals surface area contributed by atoms with Gasteiger partial charge in [0.05, 0.1) is 11.1 Å². The second kappa shape index (κ2) is 4.78. The Labute approximate surface area is 92.5 Å². The SMILES string of the molecule is CCOC(=O)Nc1snc(Cl)c1Br. The second-order valence-corrected chi connectivity index (χ2v) is 3.89. The zero-order valence-electron chi connectivity index (χ0n) is 6.63. The zero-order chi connectivity index (χ0) is 9.84. The van der Waals surface area contributed by atoms with E-state index in [-0.39, 0.29) is 0 Å². The van der Waals surface area contributed by atoms with Gasteiger partial charge in [-0.3, -0.25) is 5.32 Å². The van der Waals surface area contributed by atoms with Gasteiger partial charge in [0.25, 0.3) is 0 Å². The van der Waals surface area contributed by atoms with Crippen LogP contribution in [0.2, 0.25) is 5.15 Å². The molecule has 0 aliphatic carbocycles. The summed E-state index contributed by atoms with van der Waals surface area (Å²) in [6, 6.07) is 0. The van der Waals surface area contributed by atoms with Crippen molar-refractivity contribution in [3.63, 3.8) is 0 Å². The van der Waals surface area contributed by atoms with E-state index in [1.54, 1.807) is 6.92 Å². The highest BCUT2D eigenvalue weighted by molar-refractivity contribution is 9.10. The predicted molar refractivity (Wildman–Crippen MR) is 55.5 cm³/mol. The Morgan fingerprint density at radius 3 is 3.00 bits per heavy atom. The molecule has 1 heterocycles. The fraction of sp³-hybridized carbons (Fsp3) is 0.333. The first kappa shape index (κ1) is 10.7. The Kier molecular flexibility index (Phi) is 3.95. The van der Waals surface area contributed by atoms with Gasteiger partial charge in [-0.1, -0.05) is 11.6 Å². The highest BCUT2D eigenvalue weighted by Crippen LogP contribution is 2.33. The van der Waals surface area contributed by atoms with Crippen LogP contribution in [0.1, 0.15) is 6.92 Å². The van der Waals surface area contributed by atoms with Crippen LogP contribution in [-0.2, 0) is 4.74 Å². The van der Waals surface area contributed by atoms with Gasteiger partial charge in [0.2, 0.25) is 0 Å². The maximum Gasteiger partial charge on any atom is 0.412 e. The molecule has 0 bridgehead atoms. The maximum atomic E-state index is 11.0. The third-order valence-electron chi connectivity index (χ3n) is 1.09. The number of carbonyl (C=O) groups excluding carboxylic acids is 1. The topological polar surface area (TPSA) is 51.2 Å². The molecule has 0 radical (unpaired) electrons. The van der Waals surface area contributed by atoms with Crippen LogP contribution in [0.3, 0.4) is 0 Å². The minimum absolute atomic E-state index is 0.329. The van der Waals surface area contributed by atoms with Crippen LogP contribution < -0.4 is 5.32 Å². The van der Waals surface area contributed by atoms with Crippen molar-refractivity contribution in [2.75, 3.05) is 11.9 Å². The molecule has 1 N–H and O–H groups in total. The van der Waals surface area contributed by atoms with Gasteiger partial charge in [-0.05, 0) is 34.4 Å². The van der Waals surface area contributed by atoms with Crippen molar-refractivity contribution in [1.29, 1.82) is 0 Å². The molecular weight excluding hydrogens is 280 g/mol.